The van der Waals surface area contributed by atoms with Gasteiger partial charge in [-0.15, -0.1) is 0 Å². The van der Waals surface area contributed by atoms with Crippen LogP contribution in [0.5, 0.6) is 5.75 Å². The van der Waals surface area contributed by atoms with Crippen LogP contribution >= 0.6 is 11.6 Å². The summed E-state index contributed by atoms with van der Waals surface area (Å²) in [6, 6.07) is 7.26. The smallest absolute Gasteiger partial charge is 0.293 e. The van der Waals surface area contributed by atoms with Gasteiger partial charge in [-0.05, 0) is 56.9 Å². The maximum absolute atomic E-state index is 13.1. The Morgan fingerprint density at radius 1 is 1.18 bits per heavy atom. The van der Waals surface area contributed by atoms with E-state index in [4.69, 9.17) is 21.3 Å². The number of aromatic nitrogens is 3. The number of fused-ring (bicyclic) bond motifs is 1. The van der Waals surface area contributed by atoms with Gasteiger partial charge in [-0.3, -0.25) is 14.5 Å². The lowest BCUT2D eigenvalue weighted by Gasteiger charge is -2.38. The minimum atomic E-state index is -0.310. The SMILES string of the molecule is CNC(=O)COc1cc2cc(Nc3nc(N4CCN(CC5CCC5)CC4)ncc3Cl)ccc2n(C(C)C)c1=O. The predicted octanol–water partition coefficient (Wildman–Crippen LogP) is 3.82. The second-order valence-electron chi connectivity index (χ2n) is 10.6. The molecular formula is C28H36ClN7O3. The molecule has 1 saturated heterocycles. The summed E-state index contributed by atoms with van der Waals surface area (Å²) in [5.74, 6) is 1.86. The van der Waals surface area contributed by atoms with Crippen LogP contribution in [0.2, 0.25) is 5.02 Å². The molecule has 11 heteroatoms. The van der Waals surface area contributed by atoms with Crippen molar-refractivity contribution in [3.05, 3.63) is 45.8 Å². The number of hydrogen-bond acceptors (Lipinski definition) is 8. The molecule has 0 spiro atoms. The number of likely N-dealkylation sites (N-methyl/N-ethyl adjacent to an activating group) is 1. The monoisotopic (exact) mass is 553 g/mol. The number of amides is 1. The summed E-state index contributed by atoms with van der Waals surface area (Å²) in [6.45, 7) is 8.63. The Kier molecular flexibility index (Phi) is 8.23. The molecule has 1 aliphatic carbocycles. The van der Waals surface area contributed by atoms with Crippen LogP contribution in [0, 0.1) is 5.92 Å². The number of halogens is 1. The highest BCUT2D eigenvalue weighted by Gasteiger charge is 2.25. The molecule has 3 aromatic rings. The van der Waals surface area contributed by atoms with Gasteiger partial charge in [0.05, 0.1) is 11.7 Å². The summed E-state index contributed by atoms with van der Waals surface area (Å²) in [5.41, 5.74) is 1.24. The molecule has 0 atom stereocenters. The lowest BCUT2D eigenvalue weighted by Crippen LogP contribution is -2.48. The van der Waals surface area contributed by atoms with Crippen LogP contribution in [0.25, 0.3) is 10.9 Å². The van der Waals surface area contributed by atoms with Crippen LogP contribution in [0.4, 0.5) is 17.5 Å². The van der Waals surface area contributed by atoms with Crippen molar-refractivity contribution in [2.75, 3.05) is 56.6 Å². The number of rotatable bonds is 9. The summed E-state index contributed by atoms with van der Waals surface area (Å²) in [6.07, 6.45) is 5.74. The summed E-state index contributed by atoms with van der Waals surface area (Å²) in [7, 11) is 1.52. The van der Waals surface area contributed by atoms with Crippen LogP contribution in [0.3, 0.4) is 0 Å². The molecule has 0 unspecified atom stereocenters. The normalized spacial score (nSPS) is 16.4. The minimum Gasteiger partial charge on any atom is -0.478 e. The zero-order valence-electron chi connectivity index (χ0n) is 22.7. The van der Waals surface area contributed by atoms with E-state index >= 15 is 0 Å². The van der Waals surface area contributed by atoms with Crippen LogP contribution in [-0.4, -0.2) is 71.7 Å². The fourth-order valence-corrected chi connectivity index (χ4v) is 5.27. The molecule has 1 aliphatic heterocycles. The van der Waals surface area contributed by atoms with Gasteiger partial charge in [0.15, 0.2) is 18.2 Å². The highest BCUT2D eigenvalue weighted by Crippen LogP contribution is 2.30. The van der Waals surface area contributed by atoms with Crippen molar-refractivity contribution in [2.45, 2.75) is 39.2 Å². The number of ether oxygens (including phenoxy) is 1. The molecule has 0 bridgehead atoms. The Balaban J connectivity index is 1.35. The number of carbonyl (C=O) groups is 1. The number of piperazine rings is 1. The quantitative estimate of drug-likeness (QED) is 0.412. The molecule has 3 heterocycles. The van der Waals surface area contributed by atoms with Crippen LogP contribution in [0.15, 0.2) is 35.3 Å². The fourth-order valence-electron chi connectivity index (χ4n) is 5.14. The molecule has 2 aliphatic rings. The van der Waals surface area contributed by atoms with E-state index in [-0.39, 0.29) is 29.9 Å². The van der Waals surface area contributed by atoms with Crippen LogP contribution in [-0.2, 0) is 4.79 Å². The molecular weight excluding hydrogens is 518 g/mol. The molecule has 0 radical (unpaired) electrons. The van der Waals surface area contributed by atoms with Gasteiger partial charge in [0, 0.05) is 56.9 Å². The number of carbonyl (C=O) groups excluding carboxylic acids is 1. The first-order chi connectivity index (χ1) is 18.8. The first-order valence-electron chi connectivity index (χ1n) is 13.6. The lowest BCUT2D eigenvalue weighted by molar-refractivity contribution is -0.122. The number of pyridine rings is 1. The third kappa shape index (κ3) is 6.12. The van der Waals surface area contributed by atoms with Crippen molar-refractivity contribution in [1.29, 1.82) is 0 Å². The first-order valence-corrected chi connectivity index (χ1v) is 14.0. The number of benzene rings is 1. The predicted molar refractivity (Wildman–Crippen MR) is 154 cm³/mol. The van der Waals surface area contributed by atoms with Crippen molar-refractivity contribution < 1.29 is 9.53 Å². The third-order valence-electron chi connectivity index (χ3n) is 7.55. The zero-order chi connectivity index (χ0) is 27.5. The van der Waals surface area contributed by atoms with E-state index in [9.17, 15) is 9.59 Å². The Morgan fingerprint density at radius 2 is 1.95 bits per heavy atom. The third-order valence-corrected chi connectivity index (χ3v) is 7.82. The molecule has 1 amide bonds. The molecule has 1 saturated carbocycles. The van der Waals surface area contributed by atoms with E-state index in [1.54, 1.807) is 16.8 Å². The highest BCUT2D eigenvalue weighted by molar-refractivity contribution is 6.32. The number of nitrogens with zero attached hydrogens (tertiary/aromatic N) is 5. The molecule has 39 heavy (non-hydrogen) atoms. The Bertz CT molecular complexity index is 1400. The number of nitrogens with one attached hydrogen (secondary N) is 2. The summed E-state index contributed by atoms with van der Waals surface area (Å²) in [4.78, 5) is 38.8. The van der Waals surface area contributed by atoms with Gasteiger partial charge in [-0.2, -0.15) is 4.98 Å². The average Bonchev–Trinajstić information content (AvgIpc) is 2.91. The van der Waals surface area contributed by atoms with Gasteiger partial charge < -0.3 is 24.8 Å². The van der Waals surface area contributed by atoms with Crippen molar-refractivity contribution in [1.82, 2.24) is 24.8 Å². The molecule has 208 valence electrons. The maximum atomic E-state index is 13.1. The largest absolute Gasteiger partial charge is 0.478 e. The van der Waals surface area contributed by atoms with Gasteiger partial charge in [0.1, 0.15) is 5.02 Å². The van der Waals surface area contributed by atoms with E-state index in [1.807, 2.05) is 32.0 Å². The van der Waals surface area contributed by atoms with Crippen molar-refractivity contribution in [2.24, 2.45) is 5.92 Å². The Hall–Kier alpha value is -3.37. The second kappa shape index (κ2) is 11.8. The molecule has 2 N–H and O–H groups in total. The molecule has 1 aromatic carbocycles. The van der Waals surface area contributed by atoms with Gasteiger partial charge in [0.2, 0.25) is 5.95 Å². The van der Waals surface area contributed by atoms with Gasteiger partial charge >= 0.3 is 0 Å². The number of anilines is 3. The van der Waals surface area contributed by atoms with Crippen LogP contribution in [0.1, 0.15) is 39.2 Å². The van der Waals surface area contributed by atoms with E-state index in [0.29, 0.717) is 16.8 Å². The van der Waals surface area contributed by atoms with E-state index in [2.05, 4.69) is 25.4 Å². The van der Waals surface area contributed by atoms with Crippen molar-refractivity contribution in [3.8, 4) is 5.75 Å². The molecule has 5 rings (SSSR count). The molecule has 2 aromatic heterocycles. The standard InChI is InChI=1S/C28H36ClN7O3/c1-18(2)36-23-8-7-21(13-20(23)14-24(27(36)38)39-17-25(37)30-3)32-26-22(29)15-31-28(33-26)35-11-9-34(10-12-35)16-19-5-4-6-19/h7-8,13-15,18-19H,4-6,9-12,16-17H2,1-3H3,(H,30,37)(H,31,32,33). The van der Waals surface area contributed by atoms with E-state index < -0.39 is 0 Å². The zero-order valence-corrected chi connectivity index (χ0v) is 23.5. The van der Waals surface area contributed by atoms with Gasteiger partial charge in [0.25, 0.3) is 11.5 Å². The molecule has 2 fully saturated rings. The summed E-state index contributed by atoms with van der Waals surface area (Å²) < 4.78 is 7.24. The Morgan fingerprint density at radius 3 is 2.62 bits per heavy atom. The average molecular weight is 554 g/mol. The van der Waals surface area contributed by atoms with Gasteiger partial charge in [-0.25, -0.2) is 4.98 Å². The van der Waals surface area contributed by atoms with E-state index in [0.717, 1.165) is 48.7 Å². The minimum absolute atomic E-state index is 0.101. The lowest BCUT2D eigenvalue weighted by atomic mass is 9.85. The summed E-state index contributed by atoms with van der Waals surface area (Å²) >= 11 is 6.49. The van der Waals surface area contributed by atoms with E-state index in [1.165, 1.54) is 32.9 Å². The van der Waals surface area contributed by atoms with Crippen molar-refractivity contribution in [3.63, 3.8) is 0 Å². The fraction of sp³-hybridized carbons (Fsp3) is 0.500. The summed E-state index contributed by atoms with van der Waals surface area (Å²) in [5, 5.41) is 7.03. The van der Waals surface area contributed by atoms with Crippen molar-refractivity contribution >= 4 is 45.9 Å². The highest BCUT2D eigenvalue weighted by atomic mass is 35.5. The first kappa shape index (κ1) is 27.2. The van der Waals surface area contributed by atoms with Crippen LogP contribution < -0.4 is 25.8 Å². The topological polar surface area (TPSA) is 105 Å². The Labute approximate surface area is 233 Å². The molecule has 10 nitrogen and oxygen atoms in total. The van der Waals surface area contributed by atoms with Gasteiger partial charge in [-0.1, -0.05) is 18.0 Å². The number of hydrogen-bond donors (Lipinski definition) is 2. The second-order valence-corrected chi connectivity index (χ2v) is 11.0. The maximum Gasteiger partial charge on any atom is 0.293 e.